The number of nitrogens with one attached hydrogen (secondary N) is 1. The van der Waals surface area contributed by atoms with E-state index in [-0.39, 0.29) is 0 Å². The Morgan fingerprint density at radius 2 is 2.11 bits per heavy atom. The zero-order valence-electron chi connectivity index (χ0n) is 14.8. The van der Waals surface area contributed by atoms with Gasteiger partial charge in [0.2, 0.25) is 0 Å². The largest absolute Gasteiger partial charge is 0.488 e. The van der Waals surface area contributed by atoms with Crippen molar-refractivity contribution in [3.63, 3.8) is 0 Å². The van der Waals surface area contributed by atoms with Crippen molar-refractivity contribution in [2.75, 3.05) is 26.7 Å². The standard InChI is InChI=1S/C20H19ClN2O4/c1-23(8-7-13-12-26-17-6-5-14(21)11-15(13)17)9-10-25-18-4-2-3-16-19(18)27-20(24)22-16/h2-6,11-12H,7-10H2,1H3,(H,22,24). The van der Waals surface area contributed by atoms with Crippen molar-refractivity contribution in [3.05, 3.63) is 63.8 Å². The van der Waals surface area contributed by atoms with Gasteiger partial charge in [-0.1, -0.05) is 17.7 Å². The molecule has 0 spiro atoms. The van der Waals surface area contributed by atoms with Crippen molar-refractivity contribution in [1.82, 2.24) is 9.88 Å². The van der Waals surface area contributed by atoms with Gasteiger partial charge in [0.05, 0.1) is 11.8 Å². The second-order valence-corrected chi connectivity index (χ2v) is 6.89. The molecule has 0 bridgehead atoms. The highest BCUT2D eigenvalue weighted by molar-refractivity contribution is 6.31. The monoisotopic (exact) mass is 386 g/mol. The van der Waals surface area contributed by atoms with Crippen LogP contribution >= 0.6 is 11.6 Å². The first-order valence-electron chi connectivity index (χ1n) is 8.69. The number of furan rings is 1. The topological polar surface area (TPSA) is 71.6 Å². The first kappa shape index (κ1) is 17.7. The Hall–Kier alpha value is -2.70. The molecule has 2 aromatic carbocycles. The van der Waals surface area contributed by atoms with Crippen molar-refractivity contribution in [1.29, 1.82) is 0 Å². The minimum atomic E-state index is -0.481. The van der Waals surface area contributed by atoms with Gasteiger partial charge in [-0.2, -0.15) is 0 Å². The number of nitrogens with zero attached hydrogens (tertiary/aromatic N) is 1. The molecule has 27 heavy (non-hydrogen) atoms. The maximum absolute atomic E-state index is 11.3. The van der Waals surface area contributed by atoms with E-state index in [1.54, 1.807) is 18.4 Å². The van der Waals surface area contributed by atoms with Gasteiger partial charge in [-0.15, -0.1) is 0 Å². The molecule has 2 aromatic heterocycles. The zero-order chi connectivity index (χ0) is 18.8. The summed E-state index contributed by atoms with van der Waals surface area (Å²) in [7, 11) is 2.04. The number of oxazole rings is 1. The number of aromatic amines is 1. The van der Waals surface area contributed by atoms with Crippen molar-refractivity contribution < 1.29 is 13.6 Å². The van der Waals surface area contributed by atoms with E-state index in [1.807, 2.05) is 31.3 Å². The highest BCUT2D eigenvalue weighted by Gasteiger charge is 2.10. The lowest BCUT2D eigenvalue weighted by atomic mass is 10.1. The van der Waals surface area contributed by atoms with E-state index < -0.39 is 5.76 Å². The van der Waals surface area contributed by atoms with E-state index in [0.29, 0.717) is 28.5 Å². The van der Waals surface area contributed by atoms with Crippen LogP contribution < -0.4 is 10.5 Å². The minimum Gasteiger partial charge on any atom is -0.488 e. The molecule has 0 aliphatic heterocycles. The molecule has 4 rings (SSSR count). The van der Waals surface area contributed by atoms with Gasteiger partial charge in [-0.3, -0.25) is 4.98 Å². The number of benzene rings is 2. The highest BCUT2D eigenvalue weighted by atomic mass is 35.5. The van der Waals surface area contributed by atoms with Gasteiger partial charge < -0.3 is 18.5 Å². The van der Waals surface area contributed by atoms with E-state index >= 15 is 0 Å². The molecule has 0 radical (unpaired) electrons. The van der Waals surface area contributed by atoms with E-state index in [4.69, 9.17) is 25.2 Å². The van der Waals surface area contributed by atoms with Gasteiger partial charge in [0.25, 0.3) is 0 Å². The van der Waals surface area contributed by atoms with Crippen LogP contribution in [0.25, 0.3) is 22.1 Å². The average Bonchev–Trinajstić information content (AvgIpc) is 3.22. The fourth-order valence-electron chi connectivity index (χ4n) is 3.04. The number of hydrogen-bond acceptors (Lipinski definition) is 5. The molecule has 4 aromatic rings. The molecule has 0 aliphatic rings. The number of aromatic nitrogens is 1. The number of likely N-dealkylation sites (N-methyl/N-ethyl adjacent to an activating group) is 1. The van der Waals surface area contributed by atoms with Crippen LogP contribution in [0, 0.1) is 0 Å². The van der Waals surface area contributed by atoms with Crippen LogP contribution in [-0.2, 0) is 6.42 Å². The summed E-state index contributed by atoms with van der Waals surface area (Å²) in [5.41, 5.74) is 3.07. The maximum Gasteiger partial charge on any atom is 0.417 e. The number of hydrogen-bond donors (Lipinski definition) is 1. The summed E-state index contributed by atoms with van der Waals surface area (Å²) >= 11 is 6.08. The van der Waals surface area contributed by atoms with E-state index in [0.717, 1.165) is 36.0 Å². The molecule has 2 heterocycles. The molecule has 140 valence electrons. The van der Waals surface area contributed by atoms with Gasteiger partial charge in [0.15, 0.2) is 11.3 Å². The van der Waals surface area contributed by atoms with Crippen LogP contribution in [0.4, 0.5) is 0 Å². The number of H-pyrrole nitrogens is 1. The van der Waals surface area contributed by atoms with Crippen LogP contribution in [-0.4, -0.2) is 36.6 Å². The van der Waals surface area contributed by atoms with Gasteiger partial charge in [0, 0.05) is 23.5 Å². The van der Waals surface area contributed by atoms with Gasteiger partial charge >= 0.3 is 5.76 Å². The van der Waals surface area contributed by atoms with E-state index in [9.17, 15) is 4.79 Å². The van der Waals surface area contributed by atoms with Crippen molar-refractivity contribution in [2.45, 2.75) is 6.42 Å². The Bertz CT molecular complexity index is 1130. The third kappa shape index (κ3) is 3.86. The molecule has 6 nitrogen and oxygen atoms in total. The summed E-state index contributed by atoms with van der Waals surface area (Å²) in [6.07, 6.45) is 2.64. The summed E-state index contributed by atoms with van der Waals surface area (Å²) in [6, 6.07) is 11.0. The molecule has 0 aliphatic carbocycles. The number of para-hydroxylation sites is 1. The second kappa shape index (κ2) is 7.50. The summed E-state index contributed by atoms with van der Waals surface area (Å²) in [4.78, 5) is 16.1. The Morgan fingerprint density at radius 3 is 3.00 bits per heavy atom. The average molecular weight is 387 g/mol. The van der Waals surface area contributed by atoms with Crippen LogP contribution in [0.5, 0.6) is 5.75 Å². The number of halogens is 1. The minimum absolute atomic E-state index is 0.451. The van der Waals surface area contributed by atoms with Gasteiger partial charge in [-0.05, 0) is 49.4 Å². The first-order chi connectivity index (χ1) is 13.1. The smallest absolute Gasteiger partial charge is 0.417 e. The fourth-order valence-corrected chi connectivity index (χ4v) is 3.22. The predicted molar refractivity (Wildman–Crippen MR) is 105 cm³/mol. The Kier molecular flexibility index (Phi) is 4.92. The van der Waals surface area contributed by atoms with Crippen LogP contribution in [0.2, 0.25) is 5.02 Å². The molecule has 1 N–H and O–H groups in total. The lowest BCUT2D eigenvalue weighted by Crippen LogP contribution is -2.26. The van der Waals surface area contributed by atoms with Crippen molar-refractivity contribution in [2.24, 2.45) is 0 Å². The quantitative estimate of drug-likeness (QED) is 0.518. The number of fused-ring (bicyclic) bond motifs is 2. The maximum atomic E-state index is 11.3. The molecular weight excluding hydrogens is 368 g/mol. The summed E-state index contributed by atoms with van der Waals surface area (Å²) in [5.74, 6) is 0.0836. The molecule has 7 heteroatoms. The summed E-state index contributed by atoms with van der Waals surface area (Å²) in [6.45, 7) is 2.08. The van der Waals surface area contributed by atoms with Crippen LogP contribution in [0.1, 0.15) is 5.56 Å². The third-order valence-electron chi connectivity index (χ3n) is 4.52. The summed E-state index contributed by atoms with van der Waals surface area (Å²) in [5, 5.41) is 1.76. The highest BCUT2D eigenvalue weighted by Crippen LogP contribution is 2.25. The van der Waals surface area contributed by atoms with E-state index in [2.05, 4.69) is 9.88 Å². The van der Waals surface area contributed by atoms with Crippen LogP contribution in [0.15, 0.2) is 56.3 Å². The number of ether oxygens (including phenoxy) is 1. The Balaban J connectivity index is 1.32. The first-order valence-corrected chi connectivity index (χ1v) is 9.07. The van der Waals surface area contributed by atoms with E-state index in [1.165, 1.54) is 0 Å². The Morgan fingerprint density at radius 1 is 1.22 bits per heavy atom. The molecule has 0 atom stereocenters. The second-order valence-electron chi connectivity index (χ2n) is 6.45. The third-order valence-corrected chi connectivity index (χ3v) is 4.75. The molecule has 0 saturated heterocycles. The summed E-state index contributed by atoms with van der Waals surface area (Å²) < 4.78 is 16.5. The molecule has 0 amide bonds. The van der Waals surface area contributed by atoms with Gasteiger partial charge in [-0.25, -0.2) is 4.79 Å². The predicted octanol–water partition coefficient (Wildman–Crippen LogP) is 4.07. The molecule has 0 saturated carbocycles. The Labute approximate surface area is 160 Å². The van der Waals surface area contributed by atoms with Gasteiger partial charge in [0.1, 0.15) is 12.2 Å². The van der Waals surface area contributed by atoms with Crippen LogP contribution in [0.3, 0.4) is 0 Å². The van der Waals surface area contributed by atoms with Crippen molar-refractivity contribution in [3.8, 4) is 5.75 Å². The molecule has 0 fully saturated rings. The normalized spacial score (nSPS) is 11.7. The SMILES string of the molecule is CN(CCOc1cccc2[nH]c(=O)oc12)CCc1coc2ccc(Cl)cc12. The molecule has 0 unspecified atom stereocenters. The molecular formula is C20H19ClN2O4. The van der Waals surface area contributed by atoms with Crippen molar-refractivity contribution >= 4 is 33.7 Å². The lowest BCUT2D eigenvalue weighted by Gasteiger charge is -2.16. The number of rotatable bonds is 7. The fraction of sp³-hybridized carbons (Fsp3) is 0.250. The zero-order valence-corrected chi connectivity index (χ0v) is 15.6. The lowest BCUT2D eigenvalue weighted by molar-refractivity contribution is 0.238.